The van der Waals surface area contributed by atoms with Crippen LogP contribution in [0.3, 0.4) is 0 Å². The first-order chi connectivity index (χ1) is 6.79. The zero-order valence-electron chi connectivity index (χ0n) is 6.97. The van der Waals surface area contributed by atoms with Crippen molar-refractivity contribution < 1.29 is 27.8 Å². The maximum atomic E-state index is 11.8. The third-order valence-corrected chi connectivity index (χ3v) is 1.88. The van der Waals surface area contributed by atoms with Crippen molar-refractivity contribution >= 4 is 21.9 Å². The van der Waals surface area contributed by atoms with Gasteiger partial charge < -0.3 is 14.6 Å². The molecule has 0 aliphatic rings. The Morgan fingerprint density at radius 1 is 1.40 bits per heavy atom. The van der Waals surface area contributed by atoms with Crippen LogP contribution in [-0.4, -0.2) is 12.3 Å². The van der Waals surface area contributed by atoms with Crippen molar-refractivity contribution in [2.24, 2.45) is 0 Å². The van der Waals surface area contributed by atoms with Gasteiger partial charge in [0, 0.05) is 10.0 Å². The standard InChI is InChI=1S/C8H4BrF3O3/c9-4-1-2-6(15-8(10,11)12)5(3-4)7(13)14/h1-3H,(H,13,14)/p-1. The summed E-state index contributed by atoms with van der Waals surface area (Å²) >= 11 is 2.92. The topological polar surface area (TPSA) is 49.4 Å². The third kappa shape index (κ3) is 3.43. The van der Waals surface area contributed by atoms with Crippen LogP contribution in [0.5, 0.6) is 5.75 Å². The van der Waals surface area contributed by atoms with Gasteiger partial charge in [-0.25, -0.2) is 0 Å². The van der Waals surface area contributed by atoms with Gasteiger partial charge >= 0.3 is 6.36 Å². The molecule has 7 heteroatoms. The summed E-state index contributed by atoms with van der Waals surface area (Å²) in [5.74, 6) is -2.54. The first-order valence-corrected chi connectivity index (χ1v) is 4.35. The monoisotopic (exact) mass is 283 g/mol. The minimum Gasteiger partial charge on any atom is -0.545 e. The lowest BCUT2D eigenvalue weighted by Crippen LogP contribution is -2.25. The minimum atomic E-state index is -4.93. The summed E-state index contributed by atoms with van der Waals surface area (Å²) < 4.78 is 39.3. The number of carboxylic acids is 1. The molecule has 0 N–H and O–H groups in total. The average Bonchev–Trinajstić information content (AvgIpc) is 2.05. The predicted molar refractivity (Wildman–Crippen MR) is 45.2 cm³/mol. The number of carbonyl (C=O) groups excluding carboxylic acids is 1. The highest BCUT2D eigenvalue weighted by atomic mass is 79.9. The number of aromatic carboxylic acids is 1. The van der Waals surface area contributed by atoms with Gasteiger partial charge in [0.25, 0.3) is 0 Å². The zero-order valence-corrected chi connectivity index (χ0v) is 8.55. The first-order valence-electron chi connectivity index (χ1n) is 3.56. The molecule has 0 radical (unpaired) electrons. The Morgan fingerprint density at radius 3 is 2.47 bits per heavy atom. The Morgan fingerprint density at radius 2 is 2.00 bits per heavy atom. The first kappa shape index (κ1) is 11.8. The van der Waals surface area contributed by atoms with E-state index in [0.717, 1.165) is 12.1 Å². The summed E-state index contributed by atoms with van der Waals surface area (Å²) in [4.78, 5) is 10.5. The summed E-state index contributed by atoms with van der Waals surface area (Å²) in [6.07, 6.45) is -4.93. The lowest BCUT2D eigenvalue weighted by atomic mass is 10.2. The molecule has 1 aromatic rings. The predicted octanol–water partition coefficient (Wildman–Crippen LogP) is 1.71. The molecule has 0 spiro atoms. The molecular weight excluding hydrogens is 281 g/mol. The van der Waals surface area contributed by atoms with E-state index in [0.29, 0.717) is 4.47 Å². The van der Waals surface area contributed by atoms with Crippen LogP contribution in [-0.2, 0) is 0 Å². The molecule has 0 saturated heterocycles. The Labute approximate surface area is 90.6 Å². The zero-order chi connectivity index (χ0) is 11.6. The average molecular weight is 284 g/mol. The molecule has 0 aliphatic carbocycles. The van der Waals surface area contributed by atoms with E-state index in [9.17, 15) is 23.1 Å². The van der Waals surface area contributed by atoms with Gasteiger partial charge in [-0.1, -0.05) is 15.9 Å². The van der Waals surface area contributed by atoms with Crippen molar-refractivity contribution in [1.29, 1.82) is 0 Å². The number of carbonyl (C=O) groups is 1. The summed E-state index contributed by atoms with van der Waals surface area (Å²) in [5.41, 5.74) is -0.665. The summed E-state index contributed by atoms with van der Waals surface area (Å²) in [6.45, 7) is 0. The maximum Gasteiger partial charge on any atom is 0.573 e. The van der Waals surface area contributed by atoms with Gasteiger partial charge in [0.15, 0.2) is 0 Å². The highest BCUT2D eigenvalue weighted by Gasteiger charge is 2.32. The Bertz CT molecular complexity index is 389. The van der Waals surface area contributed by atoms with E-state index in [1.807, 2.05) is 0 Å². The second-order valence-electron chi connectivity index (χ2n) is 2.48. The number of carboxylic acid groups (broad SMARTS) is 1. The van der Waals surface area contributed by atoms with Crippen molar-refractivity contribution in [3.05, 3.63) is 28.2 Å². The van der Waals surface area contributed by atoms with Gasteiger partial charge in [-0.05, 0) is 18.2 Å². The van der Waals surface area contributed by atoms with Crippen LogP contribution in [0.1, 0.15) is 10.4 Å². The quantitative estimate of drug-likeness (QED) is 0.830. The van der Waals surface area contributed by atoms with Crippen molar-refractivity contribution in [1.82, 2.24) is 0 Å². The molecule has 15 heavy (non-hydrogen) atoms. The van der Waals surface area contributed by atoms with E-state index in [-0.39, 0.29) is 0 Å². The van der Waals surface area contributed by atoms with Crippen LogP contribution in [0, 0.1) is 0 Å². The van der Waals surface area contributed by atoms with E-state index in [1.54, 1.807) is 0 Å². The molecule has 1 rings (SSSR count). The summed E-state index contributed by atoms with van der Waals surface area (Å²) in [6, 6.07) is 3.09. The minimum absolute atomic E-state index is 0.316. The summed E-state index contributed by atoms with van der Waals surface area (Å²) in [7, 11) is 0. The highest BCUT2D eigenvalue weighted by molar-refractivity contribution is 9.10. The number of hydrogen-bond donors (Lipinski definition) is 0. The number of rotatable bonds is 2. The van der Waals surface area contributed by atoms with Gasteiger partial charge in [-0.2, -0.15) is 0 Å². The SMILES string of the molecule is O=C([O-])c1cc(Br)ccc1OC(F)(F)F. The number of halogens is 4. The lowest BCUT2D eigenvalue weighted by molar-refractivity contribution is -0.276. The molecule has 0 heterocycles. The fourth-order valence-electron chi connectivity index (χ4n) is 0.875. The van der Waals surface area contributed by atoms with Gasteiger partial charge in [-0.15, -0.1) is 13.2 Å². The molecule has 3 nitrogen and oxygen atoms in total. The molecule has 0 fully saturated rings. The molecule has 0 amide bonds. The molecular formula is C8H3BrF3O3-. The van der Waals surface area contributed by atoms with Crippen molar-refractivity contribution in [3.8, 4) is 5.75 Å². The number of benzene rings is 1. The maximum absolute atomic E-state index is 11.8. The van der Waals surface area contributed by atoms with Gasteiger partial charge in [0.2, 0.25) is 0 Å². The van der Waals surface area contributed by atoms with Crippen molar-refractivity contribution in [2.75, 3.05) is 0 Å². The molecule has 0 saturated carbocycles. The van der Waals surface area contributed by atoms with Crippen LogP contribution in [0.2, 0.25) is 0 Å². The Kier molecular flexibility index (Phi) is 3.23. The van der Waals surface area contributed by atoms with E-state index in [1.165, 1.54) is 6.07 Å². The molecule has 1 aromatic carbocycles. The number of hydrogen-bond acceptors (Lipinski definition) is 3. The van der Waals surface area contributed by atoms with E-state index in [4.69, 9.17) is 0 Å². The third-order valence-electron chi connectivity index (χ3n) is 1.39. The molecule has 82 valence electrons. The molecule has 0 aromatic heterocycles. The molecule has 0 bridgehead atoms. The van der Waals surface area contributed by atoms with E-state index in [2.05, 4.69) is 20.7 Å². The highest BCUT2D eigenvalue weighted by Crippen LogP contribution is 2.28. The van der Waals surface area contributed by atoms with Gasteiger partial charge in [-0.3, -0.25) is 0 Å². The second-order valence-corrected chi connectivity index (χ2v) is 3.39. The summed E-state index contributed by atoms with van der Waals surface area (Å²) in [5, 5.41) is 10.5. The largest absolute Gasteiger partial charge is 0.573 e. The second kappa shape index (κ2) is 4.09. The fraction of sp³-hybridized carbons (Fsp3) is 0.125. The van der Waals surface area contributed by atoms with Crippen molar-refractivity contribution in [2.45, 2.75) is 6.36 Å². The number of alkyl halides is 3. The van der Waals surface area contributed by atoms with Crippen LogP contribution in [0.4, 0.5) is 13.2 Å². The molecule has 0 atom stereocenters. The molecule has 0 aliphatic heterocycles. The van der Waals surface area contributed by atoms with Gasteiger partial charge in [0.1, 0.15) is 5.75 Å². The lowest BCUT2D eigenvalue weighted by Gasteiger charge is -2.13. The smallest absolute Gasteiger partial charge is 0.545 e. The Hall–Kier alpha value is -1.24. The van der Waals surface area contributed by atoms with Gasteiger partial charge in [0.05, 0.1) is 5.97 Å². The fourth-order valence-corrected chi connectivity index (χ4v) is 1.24. The molecule has 0 unspecified atom stereocenters. The normalized spacial score (nSPS) is 11.2. The van der Waals surface area contributed by atoms with E-state index < -0.39 is 23.6 Å². The van der Waals surface area contributed by atoms with E-state index >= 15 is 0 Å². The van der Waals surface area contributed by atoms with Crippen LogP contribution in [0.25, 0.3) is 0 Å². The van der Waals surface area contributed by atoms with Crippen molar-refractivity contribution in [3.63, 3.8) is 0 Å². The van der Waals surface area contributed by atoms with Crippen LogP contribution in [0.15, 0.2) is 22.7 Å². The number of ether oxygens (including phenoxy) is 1. The Balaban J connectivity index is 3.12. The van der Waals surface area contributed by atoms with Crippen LogP contribution >= 0.6 is 15.9 Å². The van der Waals surface area contributed by atoms with Crippen LogP contribution < -0.4 is 9.84 Å².